The van der Waals surface area contributed by atoms with Gasteiger partial charge in [-0.25, -0.2) is 8.42 Å². The average Bonchev–Trinajstić information content (AvgIpc) is 2.63. The quantitative estimate of drug-likeness (QED) is 0.681. The van der Waals surface area contributed by atoms with Crippen LogP contribution in [0.4, 0.5) is 5.69 Å². The molecule has 146 valence electrons. The van der Waals surface area contributed by atoms with E-state index in [0.717, 1.165) is 25.9 Å². The number of hydrogen-bond acceptors (Lipinski definition) is 4. The second-order valence-corrected chi connectivity index (χ2v) is 8.22. The number of amides is 1. The fraction of sp³-hybridized carbons (Fsp3) is 0.278. The Morgan fingerprint density at radius 2 is 1.67 bits per heavy atom. The van der Waals surface area contributed by atoms with Gasteiger partial charge in [0.25, 0.3) is 15.9 Å². The number of carbonyl (C=O) groups is 1. The molecule has 0 spiro atoms. The van der Waals surface area contributed by atoms with E-state index >= 15 is 0 Å². The zero-order chi connectivity index (χ0) is 18.6. The Balaban J connectivity index is 0.00000261. The molecule has 0 atom stereocenters. The summed E-state index contributed by atoms with van der Waals surface area (Å²) in [5.41, 5.74) is 0.539. The van der Waals surface area contributed by atoms with Gasteiger partial charge in [0.05, 0.1) is 16.1 Å². The number of piperidine rings is 1. The third-order valence-electron chi connectivity index (χ3n) is 4.21. The number of sulfonamides is 1. The lowest BCUT2D eigenvalue weighted by Crippen LogP contribution is -2.42. The first kappa shape index (κ1) is 21.5. The molecule has 1 heterocycles. The van der Waals surface area contributed by atoms with Crippen molar-refractivity contribution in [1.82, 2.24) is 10.6 Å². The van der Waals surface area contributed by atoms with E-state index in [2.05, 4.69) is 15.4 Å². The van der Waals surface area contributed by atoms with Crippen LogP contribution in [-0.4, -0.2) is 33.5 Å². The SMILES string of the molecule is Cl.O=C(NC1CCNCC1)c1ccccc1NS(=O)(=O)c1ccc(Cl)cc1. The lowest BCUT2D eigenvalue weighted by Gasteiger charge is -2.24. The van der Waals surface area contributed by atoms with E-state index in [1.165, 1.54) is 24.3 Å². The second kappa shape index (κ2) is 9.41. The van der Waals surface area contributed by atoms with Crippen molar-refractivity contribution in [1.29, 1.82) is 0 Å². The number of anilines is 1. The zero-order valence-corrected chi connectivity index (χ0v) is 16.8. The van der Waals surface area contributed by atoms with E-state index in [1.54, 1.807) is 24.3 Å². The molecule has 3 rings (SSSR count). The maximum atomic E-state index is 12.6. The van der Waals surface area contributed by atoms with Crippen LogP contribution < -0.4 is 15.4 Å². The van der Waals surface area contributed by atoms with Crippen LogP contribution in [0.15, 0.2) is 53.4 Å². The van der Waals surface area contributed by atoms with Crippen LogP contribution in [0.3, 0.4) is 0 Å². The van der Waals surface area contributed by atoms with Gasteiger partial charge in [-0.2, -0.15) is 0 Å². The van der Waals surface area contributed by atoms with Crippen molar-refractivity contribution >= 4 is 45.6 Å². The van der Waals surface area contributed by atoms with Crippen LogP contribution in [0.2, 0.25) is 5.02 Å². The predicted molar refractivity (Wildman–Crippen MR) is 109 cm³/mol. The van der Waals surface area contributed by atoms with Crippen molar-refractivity contribution in [3.63, 3.8) is 0 Å². The zero-order valence-electron chi connectivity index (χ0n) is 14.4. The summed E-state index contributed by atoms with van der Waals surface area (Å²) in [6.45, 7) is 1.71. The Kier molecular flexibility index (Phi) is 7.49. The highest BCUT2D eigenvalue weighted by atomic mass is 35.5. The number of carbonyl (C=O) groups excluding carboxylic acids is 1. The lowest BCUT2D eigenvalue weighted by atomic mass is 10.1. The third kappa shape index (κ3) is 5.59. The molecule has 3 N–H and O–H groups in total. The van der Waals surface area contributed by atoms with Crippen LogP contribution in [0, 0.1) is 0 Å². The maximum Gasteiger partial charge on any atom is 0.261 e. The summed E-state index contributed by atoms with van der Waals surface area (Å²) in [7, 11) is -3.82. The van der Waals surface area contributed by atoms with Crippen LogP contribution in [0.25, 0.3) is 0 Å². The third-order valence-corrected chi connectivity index (χ3v) is 5.85. The van der Waals surface area contributed by atoms with Gasteiger partial charge in [0.2, 0.25) is 0 Å². The van der Waals surface area contributed by atoms with Crippen molar-refractivity contribution < 1.29 is 13.2 Å². The van der Waals surface area contributed by atoms with Crippen molar-refractivity contribution in [3.8, 4) is 0 Å². The predicted octanol–water partition coefficient (Wildman–Crippen LogP) is 3.04. The molecule has 0 saturated carbocycles. The molecule has 1 saturated heterocycles. The molecule has 2 aromatic rings. The number of hydrogen-bond donors (Lipinski definition) is 3. The molecule has 0 unspecified atom stereocenters. The van der Waals surface area contributed by atoms with Crippen LogP contribution in [0.1, 0.15) is 23.2 Å². The molecule has 1 aliphatic heterocycles. The molecule has 1 aliphatic rings. The van der Waals surface area contributed by atoms with Gasteiger partial charge in [0.15, 0.2) is 0 Å². The van der Waals surface area contributed by atoms with E-state index in [-0.39, 0.29) is 34.9 Å². The number of rotatable bonds is 5. The number of para-hydroxylation sites is 1. The second-order valence-electron chi connectivity index (χ2n) is 6.10. The summed E-state index contributed by atoms with van der Waals surface area (Å²) in [4.78, 5) is 12.7. The molecule has 2 aromatic carbocycles. The fourth-order valence-corrected chi connectivity index (χ4v) is 4.02. The Hall–Kier alpha value is -1.80. The summed E-state index contributed by atoms with van der Waals surface area (Å²) in [5, 5.41) is 6.67. The Bertz CT molecular complexity index is 883. The van der Waals surface area contributed by atoms with Gasteiger partial charge in [-0.05, 0) is 62.3 Å². The Morgan fingerprint density at radius 3 is 2.33 bits per heavy atom. The minimum atomic E-state index is -3.82. The van der Waals surface area contributed by atoms with E-state index in [1.807, 2.05) is 0 Å². The maximum absolute atomic E-state index is 12.6. The molecular formula is C18H21Cl2N3O3S. The summed E-state index contributed by atoms with van der Waals surface area (Å²) >= 11 is 5.81. The normalized spacial score (nSPS) is 14.9. The fourth-order valence-electron chi connectivity index (χ4n) is 2.82. The van der Waals surface area contributed by atoms with E-state index in [4.69, 9.17) is 11.6 Å². The average molecular weight is 430 g/mol. The standard InChI is InChI=1S/C18H20ClN3O3S.ClH/c19-13-5-7-15(8-6-13)26(24,25)22-17-4-2-1-3-16(17)18(23)21-14-9-11-20-12-10-14;/h1-8,14,20,22H,9-12H2,(H,21,23);1H. The van der Waals surface area contributed by atoms with E-state index in [0.29, 0.717) is 10.6 Å². The largest absolute Gasteiger partial charge is 0.349 e. The smallest absolute Gasteiger partial charge is 0.261 e. The first-order valence-electron chi connectivity index (χ1n) is 8.35. The molecule has 0 aromatic heterocycles. The minimum Gasteiger partial charge on any atom is -0.349 e. The molecule has 9 heteroatoms. The number of halogens is 2. The number of benzene rings is 2. The highest BCUT2D eigenvalue weighted by Gasteiger charge is 2.21. The van der Waals surface area contributed by atoms with Gasteiger partial charge in [0, 0.05) is 11.1 Å². The molecule has 1 amide bonds. The van der Waals surface area contributed by atoms with Crippen molar-refractivity contribution in [2.75, 3.05) is 17.8 Å². The molecule has 6 nitrogen and oxygen atoms in total. The first-order chi connectivity index (χ1) is 12.5. The van der Waals surface area contributed by atoms with Gasteiger partial charge in [-0.1, -0.05) is 23.7 Å². The summed E-state index contributed by atoms with van der Waals surface area (Å²) in [6, 6.07) is 12.5. The molecular weight excluding hydrogens is 409 g/mol. The van der Waals surface area contributed by atoms with Gasteiger partial charge in [-0.3, -0.25) is 9.52 Å². The molecule has 1 fully saturated rings. The summed E-state index contributed by atoms with van der Waals surface area (Å²) in [6.07, 6.45) is 1.70. The van der Waals surface area contributed by atoms with Crippen molar-refractivity contribution in [3.05, 3.63) is 59.1 Å². The first-order valence-corrected chi connectivity index (χ1v) is 10.2. The Morgan fingerprint density at radius 1 is 1.04 bits per heavy atom. The highest BCUT2D eigenvalue weighted by molar-refractivity contribution is 7.92. The molecule has 0 radical (unpaired) electrons. The monoisotopic (exact) mass is 429 g/mol. The lowest BCUT2D eigenvalue weighted by molar-refractivity contribution is 0.0930. The summed E-state index contributed by atoms with van der Waals surface area (Å²) < 4.78 is 27.7. The van der Waals surface area contributed by atoms with Gasteiger partial charge >= 0.3 is 0 Å². The van der Waals surface area contributed by atoms with Crippen molar-refractivity contribution in [2.45, 2.75) is 23.8 Å². The van der Waals surface area contributed by atoms with E-state index in [9.17, 15) is 13.2 Å². The molecule has 0 bridgehead atoms. The van der Waals surface area contributed by atoms with Crippen LogP contribution >= 0.6 is 24.0 Å². The topological polar surface area (TPSA) is 87.3 Å². The van der Waals surface area contributed by atoms with Gasteiger partial charge < -0.3 is 10.6 Å². The van der Waals surface area contributed by atoms with Crippen LogP contribution in [0.5, 0.6) is 0 Å². The molecule has 0 aliphatic carbocycles. The number of nitrogens with one attached hydrogen (secondary N) is 3. The van der Waals surface area contributed by atoms with E-state index < -0.39 is 10.0 Å². The van der Waals surface area contributed by atoms with Crippen LogP contribution in [-0.2, 0) is 10.0 Å². The minimum absolute atomic E-state index is 0. The highest BCUT2D eigenvalue weighted by Crippen LogP contribution is 2.21. The molecule has 27 heavy (non-hydrogen) atoms. The van der Waals surface area contributed by atoms with Crippen molar-refractivity contribution in [2.24, 2.45) is 0 Å². The Labute approximate surface area is 170 Å². The summed E-state index contributed by atoms with van der Waals surface area (Å²) in [5.74, 6) is -0.286. The van der Waals surface area contributed by atoms with Gasteiger partial charge in [-0.15, -0.1) is 12.4 Å². The van der Waals surface area contributed by atoms with Gasteiger partial charge in [0.1, 0.15) is 0 Å².